The summed E-state index contributed by atoms with van der Waals surface area (Å²) >= 11 is 0. The molecule has 26 rings (SSSR count). The molecule has 0 amide bonds. The van der Waals surface area contributed by atoms with Crippen molar-refractivity contribution in [1.82, 2.24) is 0 Å². The van der Waals surface area contributed by atoms with Crippen molar-refractivity contribution in [3.8, 4) is 77.9 Å². The van der Waals surface area contributed by atoms with Crippen LogP contribution in [0.5, 0.6) is 0 Å². The molecule has 4 heterocycles. The van der Waals surface area contributed by atoms with Gasteiger partial charge in [0.2, 0.25) is 0 Å². The summed E-state index contributed by atoms with van der Waals surface area (Å²) in [5.74, 6) is 0. The Morgan fingerprint density at radius 3 is 0.940 bits per heavy atom. The summed E-state index contributed by atoms with van der Waals surface area (Å²) in [6, 6.07) is 138. The Hall–Kier alpha value is -15.4. The van der Waals surface area contributed by atoms with Crippen molar-refractivity contribution in [2.45, 2.75) is 0 Å². The van der Waals surface area contributed by atoms with Crippen LogP contribution in [0.3, 0.4) is 0 Å². The third kappa shape index (κ3) is 8.98. The first kappa shape index (κ1) is 63.3. The van der Waals surface area contributed by atoms with Gasteiger partial charge in [0.15, 0.2) is 0 Å². The fourth-order valence-electron chi connectivity index (χ4n) is 20.4. The fraction of sp³-hybridized carbons (Fsp3) is 0. The van der Waals surface area contributed by atoms with Crippen LogP contribution in [0.25, 0.3) is 273 Å². The first-order valence-corrected chi connectivity index (χ1v) is 39.9. The van der Waals surface area contributed by atoms with E-state index in [1.807, 2.05) is 0 Å². The van der Waals surface area contributed by atoms with E-state index >= 15 is 0 Å². The summed E-state index contributed by atoms with van der Waals surface area (Å²) < 4.78 is 28.6. The maximum atomic E-state index is 7.37. The predicted octanol–water partition coefficient (Wildman–Crippen LogP) is 32.5. The molecular weight excluding hydrogens is 1410 g/mol. The van der Waals surface area contributed by atoms with Crippen LogP contribution in [0.15, 0.2) is 394 Å². The van der Waals surface area contributed by atoms with Crippen molar-refractivity contribution in [2.75, 3.05) is 0 Å². The molecule has 4 nitrogen and oxygen atoms in total. The van der Waals surface area contributed by atoms with Crippen LogP contribution >= 0.6 is 0 Å². The van der Waals surface area contributed by atoms with Crippen molar-refractivity contribution in [1.29, 1.82) is 0 Å². The Labute approximate surface area is 662 Å². The molecule has 0 saturated carbocycles. The van der Waals surface area contributed by atoms with E-state index < -0.39 is 0 Å². The van der Waals surface area contributed by atoms with Gasteiger partial charge in [0, 0.05) is 65.3 Å². The SMILES string of the molecule is c1ccc2c(-c3c4cccc(-c5cc6ccccc6c6c5oc5ccccc56)c4cc4c(-c5cc6ccc(-c7cccc8c(-c9c%10cccc(-c%11cccc%12c%11oc%11ccc%13ccccc%13c%11%12)c%10cc%10c(-c%11cccc%12c%11oc%11ccc%13ccccc%13c%11%12)cccc9%10)cccc78)cc6c6c5oc5ccccc56)cccc34)cccc2c1. The van der Waals surface area contributed by atoms with Gasteiger partial charge in [-0.25, -0.2) is 0 Å². The lowest BCUT2D eigenvalue weighted by Crippen LogP contribution is -1.93. The van der Waals surface area contributed by atoms with Gasteiger partial charge in [0.05, 0.1) is 0 Å². The largest absolute Gasteiger partial charge is 0.455 e. The van der Waals surface area contributed by atoms with E-state index in [0.29, 0.717) is 0 Å². The van der Waals surface area contributed by atoms with Crippen LogP contribution in [0.2, 0.25) is 0 Å². The normalized spacial score (nSPS) is 12.3. The van der Waals surface area contributed by atoms with E-state index in [2.05, 4.69) is 376 Å². The van der Waals surface area contributed by atoms with Crippen LogP contribution in [0, 0.1) is 0 Å². The minimum absolute atomic E-state index is 0.839. The van der Waals surface area contributed by atoms with E-state index in [-0.39, 0.29) is 0 Å². The minimum atomic E-state index is 0.839. The molecule has 0 aliphatic rings. The zero-order chi connectivity index (χ0) is 75.5. The number of fused-ring (bicyclic) bond motifs is 26. The van der Waals surface area contributed by atoms with Crippen molar-refractivity contribution in [2.24, 2.45) is 0 Å². The molecule has 0 spiro atoms. The second-order valence-corrected chi connectivity index (χ2v) is 31.3. The molecule has 0 fully saturated rings. The van der Waals surface area contributed by atoms with E-state index in [0.717, 1.165) is 219 Å². The van der Waals surface area contributed by atoms with Gasteiger partial charge in [-0.15, -0.1) is 0 Å². The lowest BCUT2D eigenvalue weighted by molar-refractivity contribution is 0.670. The van der Waals surface area contributed by atoms with Gasteiger partial charge < -0.3 is 17.7 Å². The highest BCUT2D eigenvalue weighted by molar-refractivity contribution is 6.32. The van der Waals surface area contributed by atoms with Gasteiger partial charge in [-0.2, -0.15) is 0 Å². The third-order valence-electron chi connectivity index (χ3n) is 25.4. The highest BCUT2D eigenvalue weighted by atomic mass is 16.3. The predicted molar refractivity (Wildman–Crippen MR) is 489 cm³/mol. The van der Waals surface area contributed by atoms with Crippen molar-refractivity contribution >= 4 is 195 Å². The number of hydrogen-bond acceptors (Lipinski definition) is 4. The number of para-hydroxylation sites is 4. The number of furan rings is 4. The molecule has 26 aromatic rings. The summed E-state index contributed by atoms with van der Waals surface area (Å²) in [6.07, 6.45) is 0. The summed E-state index contributed by atoms with van der Waals surface area (Å²) in [6.45, 7) is 0. The molecule has 0 N–H and O–H groups in total. The van der Waals surface area contributed by atoms with Crippen LogP contribution < -0.4 is 0 Å². The van der Waals surface area contributed by atoms with Crippen molar-refractivity contribution < 1.29 is 17.7 Å². The van der Waals surface area contributed by atoms with E-state index in [1.165, 1.54) is 54.2 Å². The molecule has 0 radical (unpaired) electrons. The molecule has 0 aliphatic heterocycles. The van der Waals surface area contributed by atoms with Crippen LogP contribution in [-0.2, 0) is 0 Å². The van der Waals surface area contributed by atoms with Crippen LogP contribution in [0.1, 0.15) is 0 Å². The lowest BCUT2D eigenvalue weighted by Gasteiger charge is -2.19. The minimum Gasteiger partial charge on any atom is -0.455 e. The van der Waals surface area contributed by atoms with Gasteiger partial charge in [-0.05, 0) is 218 Å². The summed E-state index contributed by atoms with van der Waals surface area (Å²) in [5, 5.41) is 32.0. The Kier molecular flexibility index (Phi) is 13.1. The van der Waals surface area contributed by atoms with Crippen LogP contribution in [-0.4, -0.2) is 0 Å². The first-order chi connectivity index (χ1) is 57.5. The van der Waals surface area contributed by atoms with Gasteiger partial charge >= 0.3 is 0 Å². The van der Waals surface area contributed by atoms with Gasteiger partial charge in [-0.3, -0.25) is 0 Å². The number of benzene rings is 22. The average molecular weight is 1470 g/mol. The highest BCUT2D eigenvalue weighted by Gasteiger charge is 2.28. The van der Waals surface area contributed by atoms with Gasteiger partial charge in [0.1, 0.15) is 44.7 Å². The molecule has 0 bridgehead atoms. The Bertz CT molecular complexity index is 8640. The summed E-state index contributed by atoms with van der Waals surface area (Å²) in [7, 11) is 0. The second-order valence-electron chi connectivity index (χ2n) is 31.3. The van der Waals surface area contributed by atoms with Gasteiger partial charge in [-0.1, -0.05) is 322 Å². The second kappa shape index (κ2) is 24.1. The van der Waals surface area contributed by atoms with E-state index in [4.69, 9.17) is 17.7 Å². The topological polar surface area (TPSA) is 52.6 Å². The molecule has 116 heavy (non-hydrogen) atoms. The Morgan fingerprint density at radius 1 is 0.129 bits per heavy atom. The molecule has 0 saturated heterocycles. The van der Waals surface area contributed by atoms with E-state index in [9.17, 15) is 0 Å². The van der Waals surface area contributed by atoms with Crippen LogP contribution in [0.4, 0.5) is 0 Å². The zero-order valence-corrected chi connectivity index (χ0v) is 62.4. The maximum Gasteiger partial charge on any atom is 0.143 e. The third-order valence-corrected chi connectivity index (χ3v) is 25.4. The summed E-state index contributed by atoms with van der Waals surface area (Å²) in [5.41, 5.74) is 22.4. The molecule has 0 aliphatic carbocycles. The van der Waals surface area contributed by atoms with Crippen molar-refractivity contribution in [3.63, 3.8) is 0 Å². The molecule has 4 heteroatoms. The smallest absolute Gasteiger partial charge is 0.143 e. The average Bonchev–Trinajstić information content (AvgIpc) is 1.49. The molecule has 22 aromatic carbocycles. The van der Waals surface area contributed by atoms with E-state index in [1.54, 1.807) is 0 Å². The molecule has 4 aromatic heterocycles. The molecule has 0 unspecified atom stereocenters. The summed E-state index contributed by atoms with van der Waals surface area (Å²) in [4.78, 5) is 0. The Morgan fingerprint density at radius 2 is 0.440 bits per heavy atom. The first-order valence-electron chi connectivity index (χ1n) is 39.9. The number of rotatable bonds is 7. The Balaban J connectivity index is 0.689. The lowest BCUT2D eigenvalue weighted by atomic mass is 9.83. The highest BCUT2D eigenvalue weighted by Crippen LogP contribution is 2.54. The molecule has 0 atom stereocenters. The maximum absolute atomic E-state index is 7.37. The zero-order valence-electron chi connectivity index (χ0n) is 62.4. The molecular formula is C112H62O4. The monoisotopic (exact) mass is 1470 g/mol. The van der Waals surface area contributed by atoms with Gasteiger partial charge in [0.25, 0.3) is 0 Å². The molecule has 534 valence electrons. The fourth-order valence-corrected chi connectivity index (χ4v) is 20.4. The standard InChI is InChI=1S/C112H62O4/c1-5-27-69-63(22-1)26-13-40-80(69)103-84-44-18-38-78(97-59-66-25-4-8-30-73(66)107-88-31-9-11-50-99(88)113-111(97)107)95(84)62-96-79(39-19-45-85(96)103)98-60-68-53-52-67(58-92(68)108-89-32-10-12-51-100(89)114-112(98)108)70-33-14-35-75-74(70)34-15-41-81(75)104-82-42-16-36-76(86-46-20-48-90-105-71-28-6-2-23-64(71)54-56-101(105)115-109(86)90)93(82)61-94-77(37-17-43-83(94)104)87-47-21-49-91-106-72-29-7-3-24-65(72)55-57-102(106)116-110(87)91/h1-62H. The van der Waals surface area contributed by atoms with Crippen molar-refractivity contribution in [3.05, 3.63) is 376 Å². The number of hydrogen-bond donors (Lipinski definition) is 0. The quantitative estimate of drug-likeness (QED) is 0.149.